The van der Waals surface area contributed by atoms with Crippen LogP contribution in [0.2, 0.25) is 0 Å². The molecule has 1 fully saturated rings. The van der Waals surface area contributed by atoms with Crippen LogP contribution >= 0.6 is 0 Å². The van der Waals surface area contributed by atoms with Gasteiger partial charge in [0.05, 0.1) is 0 Å². The van der Waals surface area contributed by atoms with Gasteiger partial charge in [-0.3, -0.25) is 9.69 Å². The van der Waals surface area contributed by atoms with Crippen molar-refractivity contribution in [2.45, 2.75) is 71.4 Å². The van der Waals surface area contributed by atoms with Crippen LogP contribution in [0.5, 0.6) is 0 Å². The molecule has 0 spiro atoms. The van der Waals surface area contributed by atoms with Crippen LogP contribution in [-0.4, -0.2) is 42.5 Å². The molecule has 118 valence electrons. The van der Waals surface area contributed by atoms with Crippen LogP contribution in [0.4, 0.5) is 0 Å². The molecule has 1 rings (SSSR count). The summed E-state index contributed by atoms with van der Waals surface area (Å²) in [6.07, 6.45) is 6.92. The zero-order chi connectivity index (χ0) is 15.0. The number of nitrogens with one attached hydrogen (secondary N) is 1. The molecule has 3 unspecified atom stereocenters. The van der Waals surface area contributed by atoms with E-state index in [9.17, 15) is 4.79 Å². The van der Waals surface area contributed by atoms with E-state index in [2.05, 4.69) is 17.1 Å². The summed E-state index contributed by atoms with van der Waals surface area (Å²) in [5.41, 5.74) is 5.73. The van der Waals surface area contributed by atoms with E-state index >= 15 is 0 Å². The molecule has 3 atom stereocenters. The van der Waals surface area contributed by atoms with E-state index in [0.29, 0.717) is 6.04 Å². The Kier molecular flexibility index (Phi) is 8.15. The number of likely N-dealkylation sites (tertiary alicyclic amines) is 1. The Balaban J connectivity index is 2.17. The molecular weight excluding hydrogens is 250 g/mol. The molecule has 1 heterocycles. The minimum Gasteiger partial charge on any atom is -0.354 e. The molecule has 20 heavy (non-hydrogen) atoms. The molecule has 1 aliphatic rings. The van der Waals surface area contributed by atoms with Gasteiger partial charge in [0.15, 0.2) is 0 Å². The summed E-state index contributed by atoms with van der Waals surface area (Å²) in [5.74, 6) is 0.292. The Morgan fingerprint density at radius 3 is 2.40 bits per heavy atom. The Morgan fingerprint density at radius 2 is 1.80 bits per heavy atom. The van der Waals surface area contributed by atoms with Crippen molar-refractivity contribution >= 4 is 5.91 Å². The minimum atomic E-state index is 0.0994. The summed E-state index contributed by atoms with van der Waals surface area (Å²) >= 11 is 0. The number of carbonyl (C=O) groups is 1. The Morgan fingerprint density at radius 1 is 1.15 bits per heavy atom. The number of nitrogens with zero attached hydrogens (tertiary/aromatic N) is 1. The number of hydrogen-bond donors (Lipinski definition) is 2. The number of piperidine rings is 1. The second kappa shape index (κ2) is 9.35. The van der Waals surface area contributed by atoms with Crippen LogP contribution in [0.25, 0.3) is 0 Å². The molecule has 1 amide bonds. The van der Waals surface area contributed by atoms with Crippen molar-refractivity contribution in [1.82, 2.24) is 10.2 Å². The highest BCUT2D eigenvalue weighted by atomic mass is 16.1. The number of amides is 1. The lowest BCUT2D eigenvalue weighted by Gasteiger charge is -2.32. The molecule has 3 N–H and O–H groups in total. The minimum absolute atomic E-state index is 0.0994. The molecule has 4 heteroatoms. The maximum atomic E-state index is 12.0. The molecule has 1 saturated heterocycles. The SMILES string of the molecule is CC(N)CCCC(C)C(=O)NCC(C)N1CCCCC1. The van der Waals surface area contributed by atoms with Gasteiger partial charge in [0.25, 0.3) is 0 Å². The van der Waals surface area contributed by atoms with E-state index in [0.717, 1.165) is 25.8 Å². The van der Waals surface area contributed by atoms with Crippen molar-refractivity contribution < 1.29 is 4.79 Å². The second-order valence-electron chi connectivity index (χ2n) is 6.50. The molecule has 0 radical (unpaired) electrons. The van der Waals surface area contributed by atoms with Crippen molar-refractivity contribution in [2.24, 2.45) is 11.7 Å². The van der Waals surface area contributed by atoms with E-state index < -0.39 is 0 Å². The van der Waals surface area contributed by atoms with Gasteiger partial charge >= 0.3 is 0 Å². The summed E-state index contributed by atoms with van der Waals surface area (Å²) in [4.78, 5) is 14.5. The first kappa shape index (κ1) is 17.4. The number of rotatable bonds is 8. The van der Waals surface area contributed by atoms with Crippen LogP contribution in [-0.2, 0) is 4.79 Å². The third kappa shape index (κ3) is 6.71. The van der Waals surface area contributed by atoms with Crippen LogP contribution < -0.4 is 11.1 Å². The van der Waals surface area contributed by atoms with Crippen molar-refractivity contribution in [3.05, 3.63) is 0 Å². The fourth-order valence-electron chi connectivity index (χ4n) is 2.79. The molecule has 1 aliphatic heterocycles. The Labute approximate surface area is 124 Å². The molecule has 0 aliphatic carbocycles. The molecule has 0 aromatic carbocycles. The van der Waals surface area contributed by atoms with Crippen molar-refractivity contribution in [3.8, 4) is 0 Å². The molecule has 0 bridgehead atoms. The van der Waals surface area contributed by atoms with Crippen molar-refractivity contribution in [2.75, 3.05) is 19.6 Å². The average molecular weight is 283 g/mol. The predicted octanol–water partition coefficient (Wildman–Crippen LogP) is 2.13. The zero-order valence-electron chi connectivity index (χ0n) is 13.5. The first-order valence-corrected chi connectivity index (χ1v) is 8.28. The van der Waals surface area contributed by atoms with Gasteiger partial charge < -0.3 is 11.1 Å². The lowest BCUT2D eigenvalue weighted by molar-refractivity contribution is -0.125. The highest BCUT2D eigenvalue weighted by Gasteiger charge is 2.18. The van der Waals surface area contributed by atoms with E-state index in [1.54, 1.807) is 0 Å². The van der Waals surface area contributed by atoms with E-state index in [1.807, 2.05) is 13.8 Å². The average Bonchev–Trinajstić information content (AvgIpc) is 2.44. The molecule has 0 saturated carbocycles. The monoisotopic (exact) mass is 283 g/mol. The second-order valence-corrected chi connectivity index (χ2v) is 6.50. The number of hydrogen-bond acceptors (Lipinski definition) is 3. The zero-order valence-corrected chi connectivity index (χ0v) is 13.5. The topological polar surface area (TPSA) is 58.4 Å². The lowest BCUT2D eigenvalue weighted by atomic mass is 10.0. The summed E-state index contributed by atoms with van der Waals surface area (Å²) in [6, 6.07) is 0.694. The normalized spacial score (nSPS) is 21.2. The largest absolute Gasteiger partial charge is 0.354 e. The van der Waals surface area contributed by atoms with Crippen LogP contribution in [0.1, 0.15) is 59.3 Å². The summed E-state index contributed by atoms with van der Waals surface area (Å²) in [5, 5.41) is 3.11. The van der Waals surface area contributed by atoms with Gasteiger partial charge in [0.1, 0.15) is 0 Å². The lowest BCUT2D eigenvalue weighted by Crippen LogP contribution is -2.45. The summed E-state index contributed by atoms with van der Waals surface area (Å²) in [6.45, 7) is 9.39. The van der Waals surface area contributed by atoms with E-state index in [-0.39, 0.29) is 17.9 Å². The maximum absolute atomic E-state index is 12.0. The van der Waals surface area contributed by atoms with Gasteiger partial charge in [0.2, 0.25) is 5.91 Å². The van der Waals surface area contributed by atoms with Crippen LogP contribution in [0, 0.1) is 5.92 Å². The molecule has 0 aromatic heterocycles. The quantitative estimate of drug-likeness (QED) is 0.717. The van der Waals surface area contributed by atoms with Gasteiger partial charge in [0, 0.05) is 24.5 Å². The smallest absolute Gasteiger partial charge is 0.222 e. The fraction of sp³-hybridized carbons (Fsp3) is 0.938. The predicted molar refractivity (Wildman–Crippen MR) is 84.6 cm³/mol. The van der Waals surface area contributed by atoms with Gasteiger partial charge in [-0.05, 0) is 52.6 Å². The first-order valence-electron chi connectivity index (χ1n) is 8.28. The third-order valence-electron chi connectivity index (χ3n) is 4.33. The summed E-state index contributed by atoms with van der Waals surface area (Å²) < 4.78 is 0. The number of nitrogens with two attached hydrogens (primary N) is 1. The molecule has 4 nitrogen and oxygen atoms in total. The molecule has 0 aromatic rings. The van der Waals surface area contributed by atoms with Gasteiger partial charge in [-0.25, -0.2) is 0 Å². The standard InChI is InChI=1S/C16H33N3O/c1-13(8-7-9-14(2)17)16(20)18-12-15(3)19-10-5-4-6-11-19/h13-15H,4-12,17H2,1-3H3,(H,18,20). The third-order valence-corrected chi connectivity index (χ3v) is 4.33. The van der Waals surface area contributed by atoms with Crippen molar-refractivity contribution in [3.63, 3.8) is 0 Å². The highest BCUT2D eigenvalue weighted by Crippen LogP contribution is 2.12. The Bertz CT molecular complexity index is 275. The fourth-order valence-corrected chi connectivity index (χ4v) is 2.79. The van der Waals surface area contributed by atoms with Crippen LogP contribution in [0.15, 0.2) is 0 Å². The van der Waals surface area contributed by atoms with Gasteiger partial charge in [-0.15, -0.1) is 0 Å². The van der Waals surface area contributed by atoms with E-state index in [4.69, 9.17) is 5.73 Å². The van der Waals surface area contributed by atoms with Gasteiger partial charge in [-0.2, -0.15) is 0 Å². The summed E-state index contributed by atoms with van der Waals surface area (Å²) in [7, 11) is 0. The van der Waals surface area contributed by atoms with Crippen LogP contribution in [0.3, 0.4) is 0 Å². The highest BCUT2D eigenvalue weighted by molar-refractivity contribution is 5.78. The maximum Gasteiger partial charge on any atom is 0.222 e. The molecular formula is C16H33N3O. The van der Waals surface area contributed by atoms with Crippen molar-refractivity contribution in [1.29, 1.82) is 0 Å². The first-order chi connectivity index (χ1) is 9.50. The van der Waals surface area contributed by atoms with E-state index in [1.165, 1.54) is 32.4 Å². The van der Waals surface area contributed by atoms with Gasteiger partial charge in [-0.1, -0.05) is 19.8 Å². The number of carbonyl (C=O) groups excluding carboxylic acids is 1. The Hall–Kier alpha value is -0.610.